The molecule has 3 heterocycles. The topological polar surface area (TPSA) is 90.6 Å². The number of aryl methyl sites for hydroxylation is 1. The smallest absolute Gasteiger partial charge is 0.416 e. The molecular weight excluding hydrogens is 614 g/mol. The minimum atomic E-state index is -4.61. The summed E-state index contributed by atoms with van der Waals surface area (Å²) in [5.41, 5.74) is 1.07. The molecule has 0 aliphatic carbocycles. The number of fused-ring (bicyclic) bond motifs is 1. The van der Waals surface area contributed by atoms with E-state index in [1.165, 1.54) is 35.0 Å². The van der Waals surface area contributed by atoms with E-state index in [0.29, 0.717) is 46.1 Å². The first-order chi connectivity index (χ1) is 21.2. The predicted octanol–water partition coefficient (Wildman–Crippen LogP) is 8.02. The van der Waals surface area contributed by atoms with Gasteiger partial charge >= 0.3 is 6.18 Å². The molecule has 3 aromatic heterocycles. The molecule has 8 nitrogen and oxygen atoms in total. The number of alkyl halides is 3. The van der Waals surface area contributed by atoms with E-state index < -0.39 is 23.5 Å². The number of pyridine rings is 1. The van der Waals surface area contributed by atoms with Crippen molar-refractivity contribution < 1.29 is 31.8 Å². The summed E-state index contributed by atoms with van der Waals surface area (Å²) in [6.45, 7) is 7.90. The molecule has 2 aromatic carbocycles. The molecule has 0 unspecified atom stereocenters. The van der Waals surface area contributed by atoms with Gasteiger partial charge in [0, 0.05) is 29.0 Å². The van der Waals surface area contributed by atoms with E-state index in [0.717, 1.165) is 18.2 Å². The van der Waals surface area contributed by atoms with E-state index in [2.05, 4.69) is 15.4 Å². The van der Waals surface area contributed by atoms with Crippen LogP contribution in [0, 0.1) is 12.7 Å². The van der Waals surface area contributed by atoms with Gasteiger partial charge in [-0.05, 0) is 81.8 Å². The van der Waals surface area contributed by atoms with Crippen molar-refractivity contribution in [2.75, 3.05) is 18.5 Å². The molecule has 0 fully saturated rings. The molecule has 0 saturated carbocycles. The summed E-state index contributed by atoms with van der Waals surface area (Å²) < 4.78 is 67.1. The van der Waals surface area contributed by atoms with Crippen LogP contribution < -0.4 is 10.1 Å². The number of hydrogen-bond acceptors (Lipinski definition) is 6. The van der Waals surface area contributed by atoms with Gasteiger partial charge in [-0.2, -0.15) is 18.3 Å². The summed E-state index contributed by atoms with van der Waals surface area (Å²) in [5, 5.41) is 7.11. The van der Waals surface area contributed by atoms with Crippen molar-refractivity contribution in [1.29, 1.82) is 0 Å². The number of carbonyl (C=O) groups excluding carboxylic acids is 1. The van der Waals surface area contributed by atoms with E-state index in [-0.39, 0.29) is 28.7 Å². The third kappa shape index (κ3) is 7.40. The fourth-order valence-corrected chi connectivity index (χ4v) is 4.67. The number of amides is 1. The van der Waals surface area contributed by atoms with Gasteiger partial charge in [-0.25, -0.2) is 18.9 Å². The number of ether oxygens (including phenoxy) is 2. The summed E-state index contributed by atoms with van der Waals surface area (Å²) in [6.07, 6.45) is -3.19. The van der Waals surface area contributed by atoms with Crippen molar-refractivity contribution in [3.63, 3.8) is 0 Å². The number of aromatic nitrogens is 4. The summed E-state index contributed by atoms with van der Waals surface area (Å²) in [5.74, 6) is -0.792. The van der Waals surface area contributed by atoms with Crippen molar-refractivity contribution in [1.82, 2.24) is 19.6 Å². The zero-order valence-electron chi connectivity index (χ0n) is 24.7. The highest BCUT2D eigenvalue weighted by Crippen LogP contribution is 2.37. The highest BCUT2D eigenvalue weighted by atomic mass is 35.5. The highest BCUT2D eigenvalue weighted by molar-refractivity contribution is 6.29. The van der Waals surface area contributed by atoms with Crippen LogP contribution in [0.4, 0.5) is 23.4 Å². The van der Waals surface area contributed by atoms with Gasteiger partial charge in [0.15, 0.2) is 16.5 Å². The molecule has 5 rings (SSSR count). The molecule has 45 heavy (non-hydrogen) atoms. The number of hydrogen-bond donors (Lipinski definition) is 1. The number of carbonyl (C=O) groups is 1. The lowest BCUT2D eigenvalue weighted by molar-refractivity contribution is -0.137. The Labute approximate surface area is 261 Å². The van der Waals surface area contributed by atoms with Crippen molar-refractivity contribution >= 4 is 29.0 Å². The second-order valence-corrected chi connectivity index (χ2v) is 11.5. The molecule has 13 heteroatoms. The van der Waals surface area contributed by atoms with Gasteiger partial charge in [-0.3, -0.25) is 4.79 Å². The third-order valence-corrected chi connectivity index (χ3v) is 6.74. The first kappa shape index (κ1) is 31.9. The van der Waals surface area contributed by atoms with E-state index in [9.17, 15) is 22.4 Å². The van der Waals surface area contributed by atoms with Gasteiger partial charge in [0.25, 0.3) is 5.91 Å². The molecule has 0 radical (unpaired) electrons. The van der Waals surface area contributed by atoms with Gasteiger partial charge < -0.3 is 14.8 Å². The number of benzene rings is 2. The molecule has 1 amide bonds. The Bertz CT molecular complexity index is 1890. The van der Waals surface area contributed by atoms with Gasteiger partial charge in [0.05, 0.1) is 23.5 Å². The van der Waals surface area contributed by atoms with Gasteiger partial charge in [0.2, 0.25) is 0 Å². The van der Waals surface area contributed by atoms with Crippen molar-refractivity contribution in [3.8, 4) is 28.3 Å². The second kappa shape index (κ2) is 12.4. The van der Waals surface area contributed by atoms with Gasteiger partial charge in [-0.1, -0.05) is 17.7 Å². The van der Waals surface area contributed by atoms with Crippen LogP contribution in [-0.4, -0.2) is 44.3 Å². The Morgan fingerprint density at radius 2 is 1.78 bits per heavy atom. The highest BCUT2D eigenvalue weighted by Gasteiger charge is 2.31. The number of anilines is 1. The first-order valence-electron chi connectivity index (χ1n) is 13.8. The molecule has 0 aliphatic heterocycles. The Morgan fingerprint density at radius 1 is 1.00 bits per heavy atom. The number of imidazole rings is 1. The lowest BCUT2D eigenvalue weighted by Crippen LogP contribution is -2.22. The van der Waals surface area contributed by atoms with E-state index in [4.69, 9.17) is 26.1 Å². The molecule has 0 saturated heterocycles. The largest absolute Gasteiger partial charge is 0.487 e. The Kier molecular flexibility index (Phi) is 8.81. The van der Waals surface area contributed by atoms with Crippen LogP contribution in [0.3, 0.4) is 0 Å². The Balaban J connectivity index is 1.57. The zero-order valence-corrected chi connectivity index (χ0v) is 25.4. The lowest BCUT2D eigenvalue weighted by atomic mass is 10.0. The maximum absolute atomic E-state index is 14.2. The normalized spacial score (nSPS) is 12.0. The number of halogens is 5. The lowest BCUT2D eigenvalue weighted by Gasteiger charge is -2.19. The number of nitrogens with zero attached hydrogens (tertiary/aromatic N) is 4. The molecule has 0 spiro atoms. The third-order valence-electron chi connectivity index (χ3n) is 6.55. The molecular formula is C32H28ClF4N5O3. The summed E-state index contributed by atoms with van der Waals surface area (Å²) in [6, 6.07) is 13.3. The average molecular weight is 642 g/mol. The summed E-state index contributed by atoms with van der Waals surface area (Å²) in [7, 11) is 0. The fourth-order valence-electron chi connectivity index (χ4n) is 4.50. The monoisotopic (exact) mass is 641 g/mol. The maximum atomic E-state index is 14.2. The van der Waals surface area contributed by atoms with Crippen molar-refractivity contribution in [3.05, 3.63) is 94.5 Å². The Morgan fingerprint density at radius 3 is 2.49 bits per heavy atom. The van der Waals surface area contributed by atoms with Crippen LogP contribution >= 0.6 is 11.6 Å². The molecule has 0 aliphatic rings. The van der Waals surface area contributed by atoms with Crippen LogP contribution in [0.2, 0.25) is 5.15 Å². The maximum Gasteiger partial charge on any atom is 0.416 e. The number of nitrogens with one attached hydrogen (secondary N) is 1. The van der Waals surface area contributed by atoms with E-state index in [1.54, 1.807) is 25.1 Å². The zero-order chi connectivity index (χ0) is 32.5. The van der Waals surface area contributed by atoms with E-state index in [1.807, 2.05) is 20.8 Å². The van der Waals surface area contributed by atoms with E-state index >= 15 is 0 Å². The van der Waals surface area contributed by atoms with Crippen LogP contribution in [0.15, 0.2) is 66.9 Å². The number of rotatable bonds is 8. The molecule has 5 aromatic rings. The molecule has 234 valence electrons. The first-order valence-corrected chi connectivity index (χ1v) is 14.1. The summed E-state index contributed by atoms with van der Waals surface area (Å²) >= 11 is 6.41. The fraction of sp³-hybridized carbons (Fsp3) is 0.250. The van der Waals surface area contributed by atoms with Crippen LogP contribution in [0.5, 0.6) is 5.75 Å². The summed E-state index contributed by atoms with van der Waals surface area (Å²) in [4.78, 5) is 21.9. The minimum absolute atomic E-state index is 0.0592. The molecule has 1 N–H and O–H groups in total. The van der Waals surface area contributed by atoms with Crippen LogP contribution in [0.25, 0.3) is 28.2 Å². The molecule has 0 bridgehead atoms. The molecule has 0 atom stereocenters. The second-order valence-electron chi connectivity index (χ2n) is 11.1. The minimum Gasteiger partial charge on any atom is -0.487 e. The quantitative estimate of drug-likeness (QED) is 0.136. The van der Waals surface area contributed by atoms with Gasteiger partial charge in [-0.15, -0.1) is 0 Å². The van der Waals surface area contributed by atoms with Crippen LogP contribution in [0.1, 0.15) is 42.3 Å². The van der Waals surface area contributed by atoms with Crippen molar-refractivity contribution in [2.24, 2.45) is 0 Å². The van der Waals surface area contributed by atoms with Crippen LogP contribution in [-0.2, 0) is 10.9 Å². The predicted molar refractivity (Wildman–Crippen MR) is 162 cm³/mol. The standard InChI is InChI=1S/C32H28ClF4N5O3/c1-18-14-19(8-9-23(18)34)27-28(42-29(40-27)24(17-25(33)41-42)44-12-13-45-31(2,3)4)20-10-11-38-26(16-20)39-30(43)21-6-5-7-22(15-21)32(35,36)37/h5-11,14-17H,12-13H2,1-4H3,(H,38,39,43). The average Bonchev–Trinajstić information content (AvgIpc) is 3.35. The Hall–Kier alpha value is -4.55. The van der Waals surface area contributed by atoms with Crippen molar-refractivity contribution in [2.45, 2.75) is 39.5 Å². The van der Waals surface area contributed by atoms with Gasteiger partial charge in [0.1, 0.15) is 23.9 Å². The SMILES string of the molecule is Cc1cc(-c2nc3c(OCCOC(C)(C)C)cc(Cl)nn3c2-c2ccnc(NC(=O)c3cccc(C(F)(F)F)c3)c2)ccc1F.